The smallest absolute Gasteiger partial charge is 0.142 e. The van der Waals surface area contributed by atoms with Gasteiger partial charge in [0.1, 0.15) is 5.75 Å². The maximum absolute atomic E-state index is 5.94. The standard InChI is InChI=1S/C14H24N2O2/c1-4-18-14-6-5-12(10-13(14)15)9-11(2)16-7-8-17-3/h5-6,10-11,16H,4,7-9,15H2,1-3H3. The highest BCUT2D eigenvalue weighted by Gasteiger charge is 2.05. The molecule has 1 atom stereocenters. The summed E-state index contributed by atoms with van der Waals surface area (Å²) < 4.78 is 10.4. The summed E-state index contributed by atoms with van der Waals surface area (Å²) in [7, 11) is 1.71. The lowest BCUT2D eigenvalue weighted by atomic mass is 10.1. The van der Waals surface area contributed by atoms with E-state index < -0.39 is 0 Å². The van der Waals surface area contributed by atoms with E-state index in [-0.39, 0.29) is 0 Å². The van der Waals surface area contributed by atoms with E-state index in [4.69, 9.17) is 15.2 Å². The van der Waals surface area contributed by atoms with Crippen LogP contribution in [0, 0.1) is 0 Å². The number of ether oxygens (including phenoxy) is 2. The Hall–Kier alpha value is -1.26. The van der Waals surface area contributed by atoms with Gasteiger partial charge in [-0.15, -0.1) is 0 Å². The summed E-state index contributed by atoms with van der Waals surface area (Å²) in [4.78, 5) is 0. The van der Waals surface area contributed by atoms with Crippen molar-refractivity contribution < 1.29 is 9.47 Å². The normalized spacial score (nSPS) is 12.4. The summed E-state index contributed by atoms with van der Waals surface area (Å²) in [5, 5.41) is 3.39. The Bertz CT molecular complexity index is 356. The Kier molecular flexibility index (Phi) is 6.54. The summed E-state index contributed by atoms with van der Waals surface area (Å²) in [5.41, 5.74) is 7.86. The van der Waals surface area contributed by atoms with Crippen LogP contribution in [0.4, 0.5) is 5.69 Å². The number of nitrogens with one attached hydrogen (secondary N) is 1. The molecule has 18 heavy (non-hydrogen) atoms. The average Bonchev–Trinajstić information content (AvgIpc) is 2.33. The number of hydrogen-bond acceptors (Lipinski definition) is 4. The first-order chi connectivity index (χ1) is 8.67. The zero-order valence-corrected chi connectivity index (χ0v) is 11.5. The number of methoxy groups -OCH3 is 1. The summed E-state index contributed by atoms with van der Waals surface area (Å²) in [6.07, 6.45) is 0.945. The molecule has 4 heteroatoms. The molecule has 0 aromatic heterocycles. The van der Waals surface area contributed by atoms with Crippen LogP contribution in [0.1, 0.15) is 19.4 Å². The number of nitrogens with two attached hydrogens (primary N) is 1. The van der Waals surface area contributed by atoms with Gasteiger partial charge in [0.2, 0.25) is 0 Å². The zero-order chi connectivity index (χ0) is 13.4. The van der Waals surface area contributed by atoms with Crippen molar-refractivity contribution >= 4 is 5.69 Å². The predicted molar refractivity (Wildman–Crippen MR) is 75.1 cm³/mol. The van der Waals surface area contributed by atoms with Crippen molar-refractivity contribution in [3.63, 3.8) is 0 Å². The summed E-state index contributed by atoms with van der Waals surface area (Å²) in [6, 6.07) is 6.39. The third-order valence-corrected chi connectivity index (χ3v) is 2.71. The second-order valence-corrected chi connectivity index (χ2v) is 4.36. The highest BCUT2D eigenvalue weighted by atomic mass is 16.5. The van der Waals surface area contributed by atoms with Crippen LogP contribution >= 0.6 is 0 Å². The number of anilines is 1. The van der Waals surface area contributed by atoms with Crippen LogP contribution in [0.15, 0.2) is 18.2 Å². The summed E-state index contributed by atoms with van der Waals surface area (Å²) in [6.45, 7) is 6.34. The first-order valence-electron chi connectivity index (χ1n) is 6.40. The molecular formula is C14H24N2O2. The Morgan fingerprint density at radius 3 is 2.78 bits per heavy atom. The average molecular weight is 252 g/mol. The molecule has 0 aliphatic rings. The van der Waals surface area contributed by atoms with Gasteiger partial charge in [-0.25, -0.2) is 0 Å². The van der Waals surface area contributed by atoms with E-state index in [2.05, 4.69) is 18.3 Å². The van der Waals surface area contributed by atoms with Crippen LogP contribution in [0.3, 0.4) is 0 Å². The molecule has 1 rings (SSSR count). The minimum atomic E-state index is 0.400. The Labute approximate surface area is 109 Å². The lowest BCUT2D eigenvalue weighted by Gasteiger charge is -2.15. The molecule has 102 valence electrons. The molecular weight excluding hydrogens is 228 g/mol. The van der Waals surface area contributed by atoms with Crippen LogP contribution in [0.5, 0.6) is 5.75 Å². The predicted octanol–water partition coefficient (Wildman–Crippen LogP) is 1.83. The highest BCUT2D eigenvalue weighted by Crippen LogP contribution is 2.23. The van der Waals surface area contributed by atoms with E-state index in [9.17, 15) is 0 Å². The summed E-state index contributed by atoms with van der Waals surface area (Å²) in [5.74, 6) is 0.765. The van der Waals surface area contributed by atoms with Gasteiger partial charge in [-0.05, 0) is 38.0 Å². The molecule has 4 nitrogen and oxygen atoms in total. The van der Waals surface area contributed by atoms with Gasteiger partial charge in [-0.3, -0.25) is 0 Å². The quantitative estimate of drug-likeness (QED) is 0.547. The second-order valence-electron chi connectivity index (χ2n) is 4.36. The van der Waals surface area contributed by atoms with E-state index in [0.717, 1.165) is 25.3 Å². The van der Waals surface area contributed by atoms with E-state index in [1.807, 2.05) is 19.1 Å². The molecule has 0 fully saturated rings. The first-order valence-corrected chi connectivity index (χ1v) is 6.40. The molecule has 3 N–H and O–H groups in total. The van der Waals surface area contributed by atoms with Gasteiger partial charge in [0.05, 0.1) is 18.9 Å². The van der Waals surface area contributed by atoms with E-state index in [0.29, 0.717) is 18.3 Å². The van der Waals surface area contributed by atoms with Crippen LogP contribution in [-0.4, -0.2) is 32.9 Å². The third-order valence-electron chi connectivity index (χ3n) is 2.71. The molecule has 0 aliphatic heterocycles. The lowest BCUT2D eigenvalue weighted by Crippen LogP contribution is -2.30. The van der Waals surface area contributed by atoms with Crippen molar-refractivity contribution in [1.82, 2.24) is 5.32 Å². The maximum atomic E-state index is 5.94. The molecule has 0 amide bonds. The molecule has 0 radical (unpaired) electrons. The van der Waals surface area contributed by atoms with Crippen LogP contribution in [0.2, 0.25) is 0 Å². The van der Waals surface area contributed by atoms with Crippen molar-refractivity contribution in [2.75, 3.05) is 32.6 Å². The van der Waals surface area contributed by atoms with Crippen molar-refractivity contribution in [1.29, 1.82) is 0 Å². The molecule has 0 heterocycles. The summed E-state index contributed by atoms with van der Waals surface area (Å²) >= 11 is 0. The molecule has 0 saturated carbocycles. The van der Waals surface area contributed by atoms with Crippen LogP contribution in [-0.2, 0) is 11.2 Å². The monoisotopic (exact) mass is 252 g/mol. The molecule has 1 aromatic rings. The number of rotatable bonds is 8. The van der Waals surface area contributed by atoms with E-state index >= 15 is 0 Å². The topological polar surface area (TPSA) is 56.5 Å². The van der Waals surface area contributed by atoms with Crippen LogP contribution < -0.4 is 15.8 Å². The zero-order valence-electron chi connectivity index (χ0n) is 11.5. The molecule has 1 unspecified atom stereocenters. The fourth-order valence-corrected chi connectivity index (χ4v) is 1.84. The lowest BCUT2D eigenvalue weighted by molar-refractivity contribution is 0.196. The third kappa shape index (κ3) is 4.94. The van der Waals surface area contributed by atoms with Crippen LogP contribution in [0.25, 0.3) is 0 Å². The SMILES string of the molecule is CCOc1ccc(CC(C)NCCOC)cc1N. The van der Waals surface area contributed by atoms with Gasteiger partial charge in [-0.1, -0.05) is 6.07 Å². The van der Waals surface area contributed by atoms with Gasteiger partial charge >= 0.3 is 0 Å². The fourth-order valence-electron chi connectivity index (χ4n) is 1.84. The van der Waals surface area contributed by atoms with Crippen molar-refractivity contribution in [2.24, 2.45) is 0 Å². The molecule has 0 saturated heterocycles. The highest BCUT2D eigenvalue weighted by molar-refractivity contribution is 5.54. The van der Waals surface area contributed by atoms with Gasteiger partial charge in [0, 0.05) is 19.7 Å². The number of benzene rings is 1. The molecule has 1 aromatic carbocycles. The maximum Gasteiger partial charge on any atom is 0.142 e. The van der Waals surface area contributed by atoms with Gasteiger partial charge < -0.3 is 20.5 Å². The van der Waals surface area contributed by atoms with Gasteiger partial charge in [-0.2, -0.15) is 0 Å². The minimum absolute atomic E-state index is 0.400. The largest absolute Gasteiger partial charge is 0.492 e. The minimum Gasteiger partial charge on any atom is -0.492 e. The Balaban J connectivity index is 2.49. The Morgan fingerprint density at radius 1 is 1.39 bits per heavy atom. The molecule has 0 bridgehead atoms. The molecule has 0 spiro atoms. The van der Waals surface area contributed by atoms with E-state index in [1.165, 1.54) is 5.56 Å². The van der Waals surface area contributed by atoms with Crippen molar-refractivity contribution in [3.8, 4) is 5.75 Å². The molecule has 0 aliphatic carbocycles. The van der Waals surface area contributed by atoms with Gasteiger partial charge in [0.25, 0.3) is 0 Å². The Morgan fingerprint density at radius 2 is 2.17 bits per heavy atom. The first kappa shape index (κ1) is 14.8. The van der Waals surface area contributed by atoms with Gasteiger partial charge in [0.15, 0.2) is 0 Å². The second kappa shape index (κ2) is 7.95. The van der Waals surface area contributed by atoms with E-state index in [1.54, 1.807) is 7.11 Å². The fraction of sp³-hybridized carbons (Fsp3) is 0.571. The van der Waals surface area contributed by atoms with Crippen molar-refractivity contribution in [2.45, 2.75) is 26.3 Å². The number of nitrogen functional groups attached to an aromatic ring is 1. The van der Waals surface area contributed by atoms with Crippen molar-refractivity contribution in [3.05, 3.63) is 23.8 Å². The number of hydrogen-bond donors (Lipinski definition) is 2.